The van der Waals surface area contributed by atoms with Gasteiger partial charge >= 0.3 is 0 Å². The third kappa shape index (κ3) is 3.95. The van der Waals surface area contributed by atoms with Crippen LogP contribution in [0.2, 0.25) is 0 Å². The second kappa shape index (κ2) is 6.38. The van der Waals surface area contributed by atoms with Gasteiger partial charge in [0.15, 0.2) is 0 Å². The van der Waals surface area contributed by atoms with Crippen LogP contribution in [0.1, 0.15) is 25.7 Å². The van der Waals surface area contributed by atoms with Gasteiger partial charge in [-0.2, -0.15) is 0 Å². The number of hydrogen-bond donors (Lipinski definition) is 1. The molecule has 0 aromatic carbocycles. The molecule has 1 rings (SSSR count). The molecule has 3 nitrogen and oxygen atoms in total. The normalized spacial score (nSPS) is 23.6. The van der Waals surface area contributed by atoms with E-state index < -0.39 is 0 Å². The van der Waals surface area contributed by atoms with Crippen molar-refractivity contribution in [3.8, 4) is 0 Å². The largest absolute Gasteiger partial charge is 0.330 e. The van der Waals surface area contributed by atoms with Crippen molar-refractivity contribution in [1.29, 1.82) is 0 Å². The maximum Gasteiger partial charge on any atom is 0.0229 e. The van der Waals surface area contributed by atoms with Crippen LogP contribution in [-0.4, -0.2) is 56.1 Å². The summed E-state index contributed by atoms with van der Waals surface area (Å²) in [6.07, 6.45) is 5.13. The molecule has 0 radical (unpaired) electrons. The molecule has 1 heterocycles. The monoisotopic (exact) mass is 199 g/mol. The molecule has 14 heavy (non-hydrogen) atoms. The predicted octanol–water partition coefficient (Wildman–Crippen LogP) is 0.751. The Morgan fingerprint density at radius 1 is 1.29 bits per heavy atom. The fourth-order valence-electron chi connectivity index (χ4n) is 2.09. The summed E-state index contributed by atoms with van der Waals surface area (Å²) in [7, 11) is 4.37. The highest BCUT2D eigenvalue weighted by Crippen LogP contribution is 2.13. The first kappa shape index (κ1) is 12.0. The van der Waals surface area contributed by atoms with Gasteiger partial charge in [-0.05, 0) is 53.0 Å². The van der Waals surface area contributed by atoms with E-state index in [9.17, 15) is 0 Å². The van der Waals surface area contributed by atoms with Crippen LogP contribution in [-0.2, 0) is 0 Å². The van der Waals surface area contributed by atoms with Crippen LogP contribution in [0, 0.1) is 0 Å². The lowest BCUT2D eigenvalue weighted by atomic mass is 10.2. The molecule has 84 valence electrons. The van der Waals surface area contributed by atoms with E-state index in [2.05, 4.69) is 23.9 Å². The molecule has 1 aliphatic rings. The zero-order valence-electron chi connectivity index (χ0n) is 9.71. The summed E-state index contributed by atoms with van der Waals surface area (Å²) in [4.78, 5) is 4.93. The average Bonchev–Trinajstić information content (AvgIpc) is 2.61. The highest BCUT2D eigenvalue weighted by molar-refractivity contribution is 4.80. The standard InChI is InChI=1S/C11H25N3/c1-13(2)11-6-9-14(10-11)8-5-3-4-7-12/h11H,3-10,12H2,1-2H3. The van der Waals surface area contributed by atoms with E-state index in [-0.39, 0.29) is 0 Å². The maximum atomic E-state index is 5.46. The van der Waals surface area contributed by atoms with Crippen molar-refractivity contribution in [2.24, 2.45) is 5.73 Å². The van der Waals surface area contributed by atoms with Crippen LogP contribution in [0.5, 0.6) is 0 Å². The predicted molar refractivity (Wildman–Crippen MR) is 61.4 cm³/mol. The number of nitrogens with zero attached hydrogens (tertiary/aromatic N) is 2. The molecule has 1 saturated heterocycles. The molecular weight excluding hydrogens is 174 g/mol. The Morgan fingerprint density at radius 3 is 2.64 bits per heavy atom. The average molecular weight is 199 g/mol. The minimum absolute atomic E-state index is 0.782. The zero-order valence-corrected chi connectivity index (χ0v) is 9.71. The molecule has 1 aliphatic heterocycles. The SMILES string of the molecule is CN(C)C1CCN(CCCCCN)C1. The van der Waals surface area contributed by atoms with Gasteiger partial charge in [-0.1, -0.05) is 6.42 Å². The molecular formula is C11H25N3. The Kier molecular flexibility index (Phi) is 5.45. The van der Waals surface area contributed by atoms with Gasteiger partial charge in [-0.25, -0.2) is 0 Å². The van der Waals surface area contributed by atoms with Crippen LogP contribution in [0.25, 0.3) is 0 Å². The summed E-state index contributed by atoms with van der Waals surface area (Å²) in [6, 6.07) is 0.782. The molecule has 0 saturated carbocycles. The Morgan fingerprint density at radius 2 is 2.07 bits per heavy atom. The van der Waals surface area contributed by atoms with Crippen LogP contribution in [0.15, 0.2) is 0 Å². The Balaban J connectivity index is 2.04. The summed E-state index contributed by atoms with van der Waals surface area (Å²) in [5.74, 6) is 0. The molecule has 2 N–H and O–H groups in total. The quantitative estimate of drug-likeness (QED) is 0.641. The Labute approximate surface area is 88.2 Å². The first-order valence-corrected chi connectivity index (χ1v) is 5.83. The van der Waals surface area contributed by atoms with Crippen molar-refractivity contribution in [3.63, 3.8) is 0 Å². The minimum Gasteiger partial charge on any atom is -0.330 e. The zero-order chi connectivity index (χ0) is 10.4. The third-order valence-corrected chi connectivity index (χ3v) is 3.16. The van der Waals surface area contributed by atoms with Crippen LogP contribution < -0.4 is 5.73 Å². The number of likely N-dealkylation sites (tertiary alicyclic amines) is 1. The maximum absolute atomic E-state index is 5.46. The molecule has 0 aromatic rings. The summed E-state index contributed by atoms with van der Waals surface area (Å²) in [5.41, 5.74) is 5.46. The van der Waals surface area contributed by atoms with Gasteiger partial charge < -0.3 is 15.5 Å². The molecule has 0 bridgehead atoms. The lowest BCUT2D eigenvalue weighted by Crippen LogP contribution is -2.31. The molecule has 0 spiro atoms. The third-order valence-electron chi connectivity index (χ3n) is 3.16. The number of rotatable bonds is 6. The van der Waals surface area contributed by atoms with Crippen molar-refractivity contribution in [2.45, 2.75) is 31.7 Å². The van der Waals surface area contributed by atoms with Crippen molar-refractivity contribution in [2.75, 3.05) is 40.3 Å². The first-order valence-electron chi connectivity index (χ1n) is 5.83. The van der Waals surface area contributed by atoms with Crippen molar-refractivity contribution >= 4 is 0 Å². The minimum atomic E-state index is 0.782. The summed E-state index contributed by atoms with van der Waals surface area (Å²) in [5, 5.41) is 0. The summed E-state index contributed by atoms with van der Waals surface area (Å²) in [6.45, 7) is 4.66. The molecule has 1 fully saturated rings. The topological polar surface area (TPSA) is 32.5 Å². The molecule has 0 aliphatic carbocycles. The van der Waals surface area contributed by atoms with Gasteiger partial charge in [0.1, 0.15) is 0 Å². The van der Waals surface area contributed by atoms with E-state index in [0.717, 1.165) is 12.6 Å². The van der Waals surface area contributed by atoms with E-state index in [4.69, 9.17) is 5.73 Å². The molecule has 0 amide bonds. The molecule has 1 atom stereocenters. The highest BCUT2D eigenvalue weighted by Gasteiger charge is 2.22. The van der Waals surface area contributed by atoms with Gasteiger partial charge in [0.05, 0.1) is 0 Å². The highest BCUT2D eigenvalue weighted by atomic mass is 15.2. The second-order valence-electron chi connectivity index (χ2n) is 4.56. The summed E-state index contributed by atoms with van der Waals surface area (Å²) >= 11 is 0. The molecule has 1 unspecified atom stereocenters. The van der Waals surface area contributed by atoms with E-state index in [1.165, 1.54) is 45.3 Å². The summed E-state index contributed by atoms with van der Waals surface area (Å²) < 4.78 is 0. The van der Waals surface area contributed by atoms with Crippen LogP contribution in [0.4, 0.5) is 0 Å². The lowest BCUT2D eigenvalue weighted by molar-refractivity contribution is 0.265. The fourth-order valence-corrected chi connectivity index (χ4v) is 2.09. The van der Waals surface area contributed by atoms with Gasteiger partial charge in [0, 0.05) is 12.6 Å². The van der Waals surface area contributed by atoms with Crippen molar-refractivity contribution in [1.82, 2.24) is 9.80 Å². The molecule has 0 aromatic heterocycles. The molecule has 3 heteroatoms. The fraction of sp³-hybridized carbons (Fsp3) is 1.00. The van der Waals surface area contributed by atoms with E-state index in [0.29, 0.717) is 0 Å². The van der Waals surface area contributed by atoms with Gasteiger partial charge in [0.2, 0.25) is 0 Å². The first-order chi connectivity index (χ1) is 6.74. The number of likely N-dealkylation sites (N-methyl/N-ethyl adjacent to an activating group) is 1. The van der Waals surface area contributed by atoms with Crippen molar-refractivity contribution in [3.05, 3.63) is 0 Å². The van der Waals surface area contributed by atoms with E-state index in [1.807, 2.05) is 0 Å². The van der Waals surface area contributed by atoms with Crippen molar-refractivity contribution < 1.29 is 0 Å². The second-order valence-corrected chi connectivity index (χ2v) is 4.56. The van der Waals surface area contributed by atoms with Crippen LogP contribution >= 0.6 is 0 Å². The van der Waals surface area contributed by atoms with E-state index in [1.54, 1.807) is 0 Å². The lowest BCUT2D eigenvalue weighted by Gasteiger charge is -2.20. The number of nitrogens with two attached hydrogens (primary N) is 1. The smallest absolute Gasteiger partial charge is 0.0229 e. The van der Waals surface area contributed by atoms with Crippen LogP contribution in [0.3, 0.4) is 0 Å². The van der Waals surface area contributed by atoms with Gasteiger partial charge in [0.25, 0.3) is 0 Å². The Hall–Kier alpha value is -0.120. The number of hydrogen-bond acceptors (Lipinski definition) is 3. The van der Waals surface area contributed by atoms with Gasteiger partial charge in [-0.15, -0.1) is 0 Å². The Bertz CT molecular complexity index is 147. The number of unbranched alkanes of at least 4 members (excludes halogenated alkanes) is 2. The van der Waals surface area contributed by atoms with Gasteiger partial charge in [-0.3, -0.25) is 0 Å². The van der Waals surface area contributed by atoms with E-state index >= 15 is 0 Å².